The number of hydrogen-bond acceptors (Lipinski definition) is 0. The van der Waals surface area contributed by atoms with Gasteiger partial charge in [0, 0.05) is 11.8 Å². The van der Waals surface area contributed by atoms with E-state index in [1.165, 1.54) is 0 Å². The van der Waals surface area contributed by atoms with Crippen molar-refractivity contribution in [3.05, 3.63) is 59.7 Å². The summed E-state index contributed by atoms with van der Waals surface area (Å²) in [6.45, 7) is 2.04. The Bertz CT molecular complexity index is 625. The van der Waals surface area contributed by atoms with Crippen molar-refractivity contribution in [3.8, 4) is 11.1 Å². The van der Waals surface area contributed by atoms with Crippen molar-refractivity contribution < 1.29 is 13.2 Å². The summed E-state index contributed by atoms with van der Waals surface area (Å²) in [4.78, 5) is 0. The first kappa shape index (κ1) is 15.1. The molecule has 3 rings (SSSR count). The Morgan fingerprint density at radius 2 is 1.32 bits per heavy atom. The van der Waals surface area contributed by atoms with Crippen LogP contribution in [0.25, 0.3) is 11.1 Å². The molecule has 0 heterocycles. The van der Waals surface area contributed by atoms with Gasteiger partial charge in [-0.2, -0.15) is 13.2 Å². The van der Waals surface area contributed by atoms with E-state index in [9.17, 15) is 13.2 Å². The second-order valence-electron chi connectivity index (χ2n) is 6.04. The normalized spacial score (nSPS) is 15.5. The van der Waals surface area contributed by atoms with Crippen LogP contribution in [0, 0.1) is 0 Å². The third kappa shape index (κ3) is 2.43. The number of rotatable bonds is 4. The fraction of sp³-hybridized carbons (Fsp3) is 0.368. The predicted molar refractivity (Wildman–Crippen MR) is 82.9 cm³/mol. The predicted octanol–water partition coefficient (Wildman–Crippen LogP) is 6.10. The second-order valence-corrected chi connectivity index (χ2v) is 6.04. The highest BCUT2D eigenvalue weighted by Gasteiger charge is 2.44. The molecule has 22 heavy (non-hydrogen) atoms. The zero-order valence-electron chi connectivity index (χ0n) is 12.6. The van der Waals surface area contributed by atoms with Crippen LogP contribution in [0.15, 0.2) is 48.5 Å². The number of benzene rings is 2. The molecular weight excluding hydrogens is 285 g/mol. The van der Waals surface area contributed by atoms with Gasteiger partial charge < -0.3 is 0 Å². The largest absolute Gasteiger partial charge is 0.389 e. The molecular formula is C19H19F3. The standard InChI is InChI=1S/C19H19F3/c1-2-11-18(12-13-19(20,21)22)16-9-5-3-7-14(16)15-8-4-6-10-17(15)18/h3-10H,2,11-13H2,1H3. The van der Waals surface area contributed by atoms with Gasteiger partial charge in [-0.05, 0) is 35.1 Å². The summed E-state index contributed by atoms with van der Waals surface area (Å²) in [6.07, 6.45) is -3.13. The van der Waals surface area contributed by atoms with Gasteiger partial charge in [0.25, 0.3) is 0 Å². The van der Waals surface area contributed by atoms with Crippen molar-refractivity contribution in [3.63, 3.8) is 0 Å². The molecule has 2 aromatic rings. The monoisotopic (exact) mass is 304 g/mol. The minimum absolute atomic E-state index is 0.123. The van der Waals surface area contributed by atoms with Crippen LogP contribution in [0.1, 0.15) is 43.7 Å². The van der Waals surface area contributed by atoms with Crippen LogP contribution in [-0.2, 0) is 5.41 Å². The number of halogens is 3. The van der Waals surface area contributed by atoms with E-state index < -0.39 is 18.0 Å². The Morgan fingerprint density at radius 1 is 0.818 bits per heavy atom. The summed E-state index contributed by atoms with van der Waals surface area (Å²) in [5.74, 6) is 0. The lowest BCUT2D eigenvalue weighted by Crippen LogP contribution is -2.27. The van der Waals surface area contributed by atoms with Gasteiger partial charge >= 0.3 is 6.18 Å². The molecule has 0 spiro atoms. The van der Waals surface area contributed by atoms with Gasteiger partial charge in [0.15, 0.2) is 0 Å². The molecule has 0 bridgehead atoms. The highest BCUT2D eigenvalue weighted by atomic mass is 19.4. The molecule has 0 N–H and O–H groups in total. The first-order valence-corrected chi connectivity index (χ1v) is 7.74. The average molecular weight is 304 g/mol. The zero-order valence-corrected chi connectivity index (χ0v) is 12.6. The van der Waals surface area contributed by atoms with Crippen molar-refractivity contribution >= 4 is 0 Å². The van der Waals surface area contributed by atoms with Crippen LogP contribution in [0.2, 0.25) is 0 Å². The number of alkyl halides is 3. The first-order valence-electron chi connectivity index (χ1n) is 7.74. The Morgan fingerprint density at radius 3 is 1.77 bits per heavy atom. The minimum Gasteiger partial charge on any atom is -0.171 e. The van der Waals surface area contributed by atoms with Crippen LogP contribution < -0.4 is 0 Å². The molecule has 0 saturated carbocycles. The van der Waals surface area contributed by atoms with Crippen LogP contribution in [0.3, 0.4) is 0 Å². The summed E-state index contributed by atoms with van der Waals surface area (Å²) < 4.78 is 38.6. The highest BCUT2D eigenvalue weighted by Crippen LogP contribution is 2.54. The lowest BCUT2D eigenvalue weighted by molar-refractivity contribution is -0.137. The smallest absolute Gasteiger partial charge is 0.171 e. The molecule has 0 fully saturated rings. The Labute approximate surface area is 129 Å². The van der Waals surface area contributed by atoms with E-state index in [1.54, 1.807) is 0 Å². The molecule has 1 aliphatic carbocycles. The maximum atomic E-state index is 12.9. The molecule has 0 atom stereocenters. The van der Waals surface area contributed by atoms with Gasteiger partial charge in [-0.3, -0.25) is 0 Å². The van der Waals surface area contributed by atoms with Crippen molar-refractivity contribution in [2.24, 2.45) is 0 Å². The van der Waals surface area contributed by atoms with Crippen LogP contribution >= 0.6 is 0 Å². The molecule has 0 saturated heterocycles. The quantitative estimate of drug-likeness (QED) is 0.640. The van der Waals surface area contributed by atoms with E-state index in [-0.39, 0.29) is 6.42 Å². The van der Waals surface area contributed by atoms with E-state index in [1.807, 2.05) is 55.5 Å². The summed E-state index contributed by atoms with van der Waals surface area (Å²) in [7, 11) is 0. The van der Waals surface area contributed by atoms with Crippen molar-refractivity contribution in [1.82, 2.24) is 0 Å². The van der Waals surface area contributed by atoms with Crippen molar-refractivity contribution in [2.75, 3.05) is 0 Å². The molecule has 2 aromatic carbocycles. The Balaban J connectivity index is 2.15. The van der Waals surface area contributed by atoms with Gasteiger partial charge in [-0.25, -0.2) is 0 Å². The fourth-order valence-corrected chi connectivity index (χ4v) is 3.86. The molecule has 0 aromatic heterocycles. The van der Waals surface area contributed by atoms with E-state index in [4.69, 9.17) is 0 Å². The van der Waals surface area contributed by atoms with Gasteiger partial charge in [-0.15, -0.1) is 0 Å². The lowest BCUT2D eigenvalue weighted by atomic mass is 9.71. The molecule has 116 valence electrons. The SMILES string of the molecule is CCCC1(CCC(F)(F)F)c2ccccc2-c2ccccc21. The molecule has 0 radical (unpaired) electrons. The maximum Gasteiger partial charge on any atom is 0.389 e. The van der Waals surface area contributed by atoms with Gasteiger partial charge in [0.05, 0.1) is 0 Å². The third-order valence-electron chi connectivity index (χ3n) is 4.69. The second kappa shape index (κ2) is 5.45. The average Bonchev–Trinajstić information content (AvgIpc) is 2.77. The summed E-state index contributed by atoms with van der Waals surface area (Å²) >= 11 is 0. The Hall–Kier alpha value is -1.77. The lowest BCUT2D eigenvalue weighted by Gasteiger charge is -2.32. The topological polar surface area (TPSA) is 0 Å². The molecule has 3 heteroatoms. The van der Waals surface area contributed by atoms with Crippen molar-refractivity contribution in [2.45, 2.75) is 44.2 Å². The first-order chi connectivity index (χ1) is 10.5. The van der Waals surface area contributed by atoms with Crippen LogP contribution in [-0.4, -0.2) is 6.18 Å². The third-order valence-corrected chi connectivity index (χ3v) is 4.69. The molecule has 0 unspecified atom stereocenters. The van der Waals surface area contributed by atoms with Gasteiger partial charge in [-0.1, -0.05) is 61.9 Å². The van der Waals surface area contributed by atoms with E-state index in [0.29, 0.717) is 0 Å². The molecule has 0 aliphatic heterocycles. The maximum absolute atomic E-state index is 12.9. The number of fused-ring (bicyclic) bond motifs is 3. The van der Waals surface area contributed by atoms with Crippen molar-refractivity contribution in [1.29, 1.82) is 0 Å². The van der Waals surface area contributed by atoms with E-state index >= 15 is 0 Å². The van der Waals surface area contributed by atoms with E-state index in [2.05, 4.69) is 0 Å². The van der Waals surface area contributed by atoms with Gasteiger partial charge in [0.1, 0.15) is 0 Å². The zero-order chi connectivity index (χ0) is 15.8. The van der Waals surface area contributed by atoms with E-state index in [0.717, 1.165) is 35.1 Å². The van der Waals surface area contributed by atoms with Crippen LogP contribution in [0.5, 0.6) is 0 Å². The summed E-state index contributed by atoms with van der Waals surface area (Å²) in [6, 6.07) is 15.8. The fourth-order valence-electron chi connectivity index (χ4n) is 3.86. The molecule has 1 aliphatic rings. The highest BCUT2D eigenvalue weighted by molar-refractivity contribution is 5.80. The number of hydrogen-bond donors (Lipinski definition) is 0. The summed E-state index contributed by atoms with van der Waals surface area (Å²) in [5, 5.41) is 0. The minimum atomic E-state index is -4.12. The summed E-state index contributed by atoms with van der Waals surface area (Å²) in [5.41, 5.74) is 3.80. The molecule has 0 nitrogen and oxygen atoms in total. The van der Waals surface area contributed by atoms with Crippen LogP contribution in [0.4, 0.5) is 13.2 Å². The van der Waals surface area contributed by atoms with Gasteiger partial charge in [0.2, 0.25) is 0 Å². The molecule has 0 amide bonds. The Kier molecular flexibility index (Phi) is 3.75.